The van der Waals surface area contributed by atoms with Gasteiger partial charge in [0.25, 0.3) is 11.6 Å². The average Bonchev–Trinajstić information content (AvgIpc) is 2.80. The lowest BCUT2D eigenvalue weighted by Gasteiger charge is -2.17. The van der Waals surface area contributed by atoms with Gasteiger partial charge in [-0.25, -0.2) is 0 Å². The molecule has 0 aromatic heterocycles. The summed E-state index contributed by atoms with van der Waals surface area (Å²) in [5.74, 6) is 1.52. The first-order valence-corrected chi connectivity index (χ1v) is 10.6. The van der Waals surface area contributed by atoms with Crippen LogP contribution in [0.25, 0.3) is 0 Å². The van der Waals surface area contributed by atoms with Crippen molar-refractivity contribution >= 4 is 11.6 Å². The number of hydrogen-bond donors (Lipinski definition) is 1. The van der Waals surface area contributed by atoms with Crippen molar-refractivity contribution in [2.24, 2.45) is 0 Å². The number of methoxy groups -OCH3 is 2. The molecule has 0 spiro atoms. The van der Waals surface area contributed by atoms with Crippen molar-refractivity contribution in [2.45, 2.75) is 27.2 Å². The van der Waals surface area contributed by atoms with Crippen molar-refractivity contribution in [3.8, 4) is 28.7 Å². The van der Waals surface area contributed by atoms with Crippen LogP contribution in [0.3, 0.4) is 0 Å². The molecule has 0 bridgehead atoms. The molecule has 0 unspecified atom stereocenters. The highest BCUT2D eigenvalue weighted by molar-refractivity contribution is 5.95. The first-order chi connectivity index (χ1) is 15.9. The molecule has 0 aliphatic carbocycles. The molecule has 10 nitrogen and oxygen atoms in total. The predicted octanol–water partition coefficient (Wildman–Crippen LogP) is 3.78. The second kappa shape index (κ2) is 12.4. The van der Waals surface area contributed by atoms with E-state index >= 15 is 0 Å². The maximum absolute atomic E-state index is 12.8. The van der Waals surface area contributed by atoms with Crippen LogP contribution in [0.4, 0.5) is 5.69 Å². The summed E-state index contributed by atoms with van der Waals surface area (Å²) in [6, 6.07) is 6.03. The zero-order valence-corrected chi connectivity index (χ0v) is 19.6. The van der Waals surface area contributed by atoms with Crippen LogP contribution in [0.15, 0.2) is 24.3 Å². The van der Waals surface area contributed by atoms with Gasteiger partial charge in [-0.05, 0) is 45.4 Å². The van der Waals surface area contributed by atoms with Crippen molar-refractivity contribution in [3.05, 3.63) is 45.5 Å². The predicted molar refractivity (Wildman–Crippen MR) is 122 cm³/mol. The standard InChI is InChI=1S/C23H30N2O8/c1-6-31-20-12-16(13-21(32-7-2)22(20)33-8-3)23(26)24-10-9-15-11-18(29-4)19(30-5)14-17(15)25(27)28/h11-14H,6-10H2,1-5H3,(H,24,26). The summed E-state index contributed by atoms with van der Waals surface area (Å²) in [6.45, 7) is 6.86. The number of nitro groups is 1. The molecule has 0 heterocycles. The van der Waals surface area contributed by atoms with Gasteiger partial charge >= 0.3 is 0 Å². The van der Waals surface area contributed by atoms with Gasteiger partial charge in [0.1, 0.15) is 0 Å². The minimum atomic E-state index is -0.492. The third kappa shape index (κ3) is 6.41. The van der Waals surface area contributed by atoms with Crippen LogP contribution in [0.1, 0.15) is 36.7 Å². The van der Waals surface area contributed by atoms with Crippen LogP contribution in [-0.4, -0.2) is 51.4 Å². The summed E-state index contributed by atoms with van der Waals surface area (Å²) in [5.41, 5.74) is 0.627. The first-order valence-electron chi connectivity index (χ1n) is 10.6. The highest BCUT2D eigenvalue weighted by Gasteiger charge is 2.21. The SMILES string of the molecule is CCOc1cc(C(=O)NCCc2cc(OC)c(OC)cc2[N+](=O)[O-])cc(OCC)c1OCC. The number of nitrogens with zero attached hydrogens (tertiary/aromatic N) is 1. The molecular weight excluding hydrogens is 432 g/mol. The smallest absolute Gasteiger partial charge is 0.276 e. The van der Waals surface area contributed by atoms with E-state index in [4.69, 9.17) is 23.7 Å². The van der Waals surface area contributed by atoms with Crippen molar-refractivity contribution in [1.82, 2.24) is 5.32 Å². The number of amides is 1. The molecule has 180 valence electrons. The van der Waals surface area contributed by atoms with E-state index in [2.05, 4.69) is 5.32 Å². The number of nitro benzene ring substituents is 1. The Morgan fingerprint density at radius 1 is 0.879 bits per heavy atom. The Kier molecular flexibility index (Phi) is 9.59. The fourth-order valence-corrected chi connectivity index (χ4v) is 3.21. The molecule has 1 amide bonds. The highest BCUT2D eigenvalue weighted by atomic mass is 16.6. The third-order valence-corrected chi connectivity index (χ3v) is 4.63. The number of rotatable bonds is 13. The van der Waals surface area contributed by atoms with Crippen molar-refractivity contribution in [1.29, 1.82) is 0 Å². The summed E-state index contributed by atoms with van der Waals surface area (Å²) >= 11 is 0. The van der Waals surface area contributed by atoms with E-state index in [1.807, 2.05) is 20.8 Å². The van der Waals surface area contributed by atoms with E-state index in [1.54, 1.807) is 18.2 Å². The zero-order chi connectivity index (χ0) is 24.4. The van der Waals surface area contributed by atoms with Gasteiger partial charge in [0, 0.05) is 17.7 Å². The minimum Gasteiger partial charge on any atom is -0.493 e. The number of benzene rings is 2. The lowest BCUT2D eigenvalue weighted by Crippen LogP contribution is -2.26. The van der Waals surface area contributed by atoms with Crippen LogP contribution in [0.5, 0.6) is 28.7 Å². The second-order valence-corrected chi connectivity index (χ2v) is 6.70. The molecule has 2 aromatic carbocycles. The number of carbonyl (C=O) groups excluding carboxylic acids is 1. The first kappa shape index (κ1) is 25.6. The molecule has 0 fully saturated rings. The molecule has 2 rings (SSSR count). The number of ether oxygens (including phenoxy) is 5. The average molecular weight is 462 g/mol. The topological polar surface area (TPSA) is 118 Å². The third-order valence-electron chi connectivity index (χ3n) is 4.63. The molecule has 1 N–H and O–H groups in total. The Morgan fingerprint density at radius 2 is 1.42 bits per heavy atom. The monoisotopic (exact) mass is 462 g/mol. The Hall–Kier alpha value is -3.69. The van der Waals surface area contributed by atoms with Gasteiger partial charge in [-0.3, -0.25) is 14.9 Å². The molecule has 2 aromatic rings. The van der Waals surface area contributed by atoms with E-state index in [1.165, 1.54) is 20.3 Å². The fraction of sp³-hybridized carbons (Fsp3) is 0.435. The second-order valence-electron chi connectivity index (χ2n) is 6.70. The maximum atomic E-state index is 12.8. The van der Waals surface area contributed by atoms with Gasteiger partial charge in [-0.15, -0.1) is 0 Å². The number of hydrogen-bond acceptors (Lipinski definition) is 8. The quantitative estimate of drug-likeness (QED) is 0.353. The molecule has 0 saturated heterocycles. The van der Waals surface area contributed by atoms with Gasteiger partial charge < -0.3 is 29.0 Å². The summed E-state index contributed by atoms with van der Waals surface area (Å²) in [7, 11) is 2.86. The highest BCUT2D eigenvalue weighted by Crippen LogP contribution is 2.39. The van der Waals surface area contributed by atoms with E-state index in [0.717, 1.165) is 0 Å². The molecular formula is C23H30N2O8. The van der Waals surface area contributed by atoms with Crippen molar-refractivity contribution in [2.75, 3.05) is 40.6 Å². The van der Waals surface area contributed by atoms with E-state index in [9.17, 15) is 14.9 Å². The van der Waals surface area contributed by atoms with Crippen LogP contribution < -0.4 is 29.0 Å². The number of nitrogens with one attached hydrogen (secondary N) is 1. The molecule has 0 radical (unpaired) electrons. The zero-order valence-electron chi connectivity index (χ0n) is 19.6. The van der Waals surface area contributed by atoms with Gasteiger partial charge in [0.15, 0.2) is 23.0 Å². The summed E-state index contributed by atoms with van der Waals surface area (Å²) < 4.78 is 27.3. The van der Waals surface area contributed by atoms with Gasteiger partial charge in [0.05, 0.1) is 45.0 Å². The molecule has 0 saturated carbocycles. The van der Waals surface area contributed by atoms with E-state index in [-0.39, 0.29) is 30.3 Å². The van der Waals surface area contributed by atoms with Crippen LogP contribution in [0, 0.1) is 10.1 Å². The largest absolute Gasteiger partial charge is 0.493 e. The molecule has 33 heavy (non-hydrogen) atoms. The fourth-order valence-electron chi connectivity index (χ4n) is 3.21. The Morgan fingerprint density at radius 3 is 1.91 bits per heavy atom. The van der Waals surface area contributed by atoms with Crippen molar-refractivity contribution in [3.63, 3.8) is 0 Å². The summed E-state index contributed by atoms with van der Waals surface area (Å²) in [5, 5.41) is 14.3. The van der Waals surface area contributed by atoms with Gasteiger partial charge in [0.2, 0.25) is 5.75 Å². The molecule has 10 heteroatoms. The Bertz CT molecular complexity index is 950. The molecule has 0 aliphatic heterocycles. The summed E-state index contributed by atoms with van der Waals surface area (Å²) in [6.07, 6.45) is 0.218. The lowest BCUT2D eigenvalue weighted by atomic mass is 10.1. The lowest BCUT2D eigenvalue weighted by molar-refractivity contribution is -0.385. The van der Waals surface area contributed by atoms with Crippen LogP contribution >= 0.6 is 0 Å². The Labute approximate surface area is 192 Å². The maximum Gasteiger partial charge on any atom is 0.276 e. The Balaban J connectivity index is 2.23. The van der Waals surface area contributed by atoms with Crippen LogP contribution in [-0.2, 0) is 6.42 Å². The van der Waals surface area contributed by atoms with Gasteiger partial charge in [-0.1, -0.05) is 0 Å². The molecule has 0 atom stereocenters. The summed E-state index contributed by atoms with van der Waals surface area (Å²) in [4.78, 5) is 23.8. The van der Waals surface area contributed by atoms with Crippen LogP contribution in [0.2, 0.25) is 0 Å². The number of carbonyl (C=O) groups is 1. The van der Waals surface area contributed by atoms with Crippen molar-refractivity contribution < 1.29 is 33.4 Å². The van der Waals surface area contributed by atoms with Gasteiger partial charge in [-0.2, -0.15) is 0 Å². The van der Waals surface area contributed by atoms with E-state index in [0.29, 0.717) is 53.9 Å². The minimum absolute atomic E-state index is 0.111. The van der Waals surface area contributed by atoms with E-state index < -0.39 is 4.92 Å². The normalized spacial score (nSPS) is 10.3. The molecule has 0 aliphatic rings.